The fraction of sp³-hybridized carbons (Fsp3) is 0.355. The van der Waals surface area contributed by atoms with E-state index in [2.05, 4.69) is 10.3 Å². The fourth-order valence-electron chi connectivity index (χ4n) is 5.53. The van der Waals surface area contributed by atoms with Crippen LogP contribution >= 0.6 is 22.9 Å². The number of aryl methyl sites for hydroxylation is 2. The van der Waals surface area contributed by atoms with Gasteiger partial charge in [0.1, 0.15) is 10.8 Å². The van der Waals surface area contributed by atoms with E-state index in [0.717, 1.165) is 21.8 Å². The predicted molar refractivity (Wildman–Crippen MR) is 163 cm³/mol. The molecule has 0 spiro atoms. The van der Waals surface area contributed by atoms with Gasteiger partial charge in [-0.25, -0.2) is 9.37 Å². The molecule has 1 aliphatic heterocycles. The van der Waals surface area contributed by atoms with Crippen LogP contribution in [0.15, 0.2) is 48.8 Å². The second-order valence-electron chi connectivity index (χ2n) is 10.9. The first-order chi connectivity index (χ1) is 20.5. The van der Waals surface area contributed by atoms with E-state index in [0.29, 0.717) is 36.4 Å². The molecular weight excluding hydrogens is 595 g/mol. The Morgan fingerprint density at radius 1 is 1.26 bits per heavy atom. The van der Waals surface area contributed by atoms with Crippen LogP contribution in [-0.2, 0) is 39.9 Å². The van der Waals surface area contributed by atoms with Crippen molar-refractivity contribution in [2.24, 2.45) is 7.05 Å². The minimum atomic E-state index is -1.13. The number of rotatable bonds is 10. The van der Waals surface area contributed by atoms with E-state index in [4.69, 9.17) is 21.4 Å². The number of hydrogen-bond acceptors (Lipinski definition) is 6. The van der Waals surface area contributed by atoms with Crippen LogP contribution in [0.4, 0.5) is 10.1 Å². The zero-order chi connectivity index (χ0) is 30.9. The van der Waals surface area contributed by atoms with Crippen molar-refractivity contribution >= 4 is 57.3 Å². The largest absolute Gasteiger partial charge is 0.481 e. The van der Waals surface area contributed by atoms with Gasteiger partial charge in [0.25, 0.3) is 5.91 Å². The van der Waals surface area contributed by atoms with Gasteiger partial charge in [-0.1, -0.05) is 29.8 Å². The van der Waals surface area contributed by atoms with Crippen molar-refractivity contribution < 1.29 is 28.6 Å². The number of benzene rings is 2. The lowest BCUT2D eigenvalue weighted by atomic mass is 10.1. The monoisotopic (exact) mass is 626 g/mol. The Balaban J connectivity index is 1.36. The molecule has 0 bridgehead atoms. The number of nitrogens with one attached hydrogen (secondary N) is 1. The lowest BCUT2D eigenvalue weighted by Gasteiger charge is -2.38. The van der Waals surface area contributed by atoms with Crippen molar-refractivity contribution in [1.29, 1.82) is 0 Å². The highest BCUT2D eigenvalue weighted by Crippen LogP contribution is 2.43. The van der Waals surface area contributed by atoms with Gasteiger partial charge in [0, 0.05) is 48.2 Å². The summed E-state index contributed by atoms with van der Waals surface area (Å²) in [7, 11) is 1.84. The lowest BCUT2D eigenvalue weighted by Crippen LogP contribution is -2.48. The third-order valence-corrected chi connectivity index (χ3v) is 8.91. The van der Waals surface area contributed by atoms with Crippen molar-refractivity contribution in [1.82, 2.24) is 14.5 Å². The van der Waals surface area contributed by atoms with Crippen molar-refractivity contribution in [2.45, 2.75) is 57.8 Å². The Kier molecular flexibility index (Phi) is 8.86. The van der Waals surface area contributed by atoms with Gasteiger partial charge in [-0.3, -0.25) is 14.4 Å². The van der Waals surface area contributed by atoms with Gasteiger partial charge >= 0.3 is 5.97 Å². The first-order valence-electron chi connectivity index (χ1n) is 14.0. The molecule has 1 saturated heterocycles. The number of aromatic nitrogens is 2. The second-order valence-corrected chi connectivity index (χ2v) is 12.4. The number of para-hydroxylation sites is 1. The van der Waals surface area contributed by atoms with Gasteiger partial charge < -0.3 is 24.6 Å². The molecule has 1 aliphatic rings. The van der Waals surface area contributed by atoms with Gasteiger partial charge in [0.15, 0.2) is 5.72 Å². The summed E-state index contributed by atoms with van der Waals surface area (Å²) < 4.78 is 23.6. The number of carboxylic acid groups (broad SMARTS) is 1. The van der Waals surface area contributed by atoms with Crippen LogP contribution in [0.1, 0.15) is 58.9 Å². The summed E-state index contributed by atoms with van der Waals surface area (Å²) in [6.45, 7) is 4.13. The quantitative estimate of drug-likeness (QED) is 0.219. The molecule has 5 rings (SSSR count). The number of nitrogens with zero attached hydrogens (tertiary/aromatic N) is 3. The Bertz CT molecular complexity index is 1700. The smallest absolute Gasteiger partial charge is 0.303 e. The zero-order valence-corrected chi connectivity index (χ0v) is 25.6. The van der Waals surface area contributed by atoms with Crippen LogP contribution < -0.4 is 5.32 Å². The number of fused-ring (bicyclic) bond motifs is 1. The van der Waals surface area contributed by atoms with E-state index < -0.39 is 23.4 Å². The third-order valence-electron chi connectivity index (χ3n) is 7.41. The SMILES string of the molecule is CC(C)O[C@]1(c2ncc(CCC(=O)O)s2)CCCN1C(=O)Cc1cc(Cl)c(NC(=O)c2cn(C)c3ccccc23)cc1F. The molecule has 2 amide bonds. The number of carboxylic acids is 1. The first-order valence-corrected chi connectivity index (χ1v) is 15.2. The number of ether oxygens (including phenoxy) is 1. The van der Waals surface area contributed by atoms with Crippen LogP contribution in [-0.4, -0.2) is 50.0 Å². The maximum atomic E-state index is 15.4. The molecule has 0 radical (unpaired) electrons. The van der Waals surface area contributed by atoms with Gasteiger partial charge in [0.2, 0.25) is 5.91 Å². The molecule has 12 heteroatoms. The van der Waals surface area contributed by atoms with E-state index >= 15 is 4.39 Å². The number of aliphatic carboxylic acids is 1. The van der Waals surface area contributed by atoms with E-state index in [1.165, 1.54) is 17.4 Å². The Morgan fingerprint density at radius 3 is 2.77 bits per heavy atom. The van der Waals surface area contributed by atoms with E-state index in [-0.39, 0.29) is 41.1 Å². The topological polar surface area (TPSA) is 114 Å². The van der Waals surface area contributed by atoms with Crippen LogP contribution in [0.25, 0.3) is 10.9 Å². The van der Waals surface area contributed by atoms with Crippen LogP contribution in [0.3, 0.4) is 0 Å². The molecule has 0 aliphatic carbocycles. The number of amides is 2. The standard InChI is InChI=1S/C31H32ClFN4O5S/c1-18(2)42-31(30-34-16-20(43-30)9-10-28(39)40)11-6-12-37(31)27(38)14-19-13-23(32)25(15-24(19)33)35-29(41)22-17-36(3)26-8-5-4-7-21(22)26/h4-5,7-8,13,15-18H,6,9-12,14H2,1-3H3,(H,35,41)(H,39,40)/t31-/m0/s1. The van der Waals surface area contributed by atoms with Crippen molar-refractivity contribution in [3.8, 4) is 0 Å². The number of carbonyl (C=O) groups excluding carboxylic acids is 2. The number of likely N-dealkylation sites (tertiary alicyclic amines) is 1. The Morgan fingerprint density at radius 2 is 2.02 bits per heavy atom. The van der Waals surface area contributed by atoms with E-state index in [9.17, 15) is 14.4 Å². The highest BCUT2D eigenvalue weighted by molar-refractivity contribution is 7.11. The maximum Gasteiger partial charge on any atom is 0.303 e. The molecule has 2 aromatic carbocycles. The van der Waals surface area contributed by atoms with Gasteiger partial charge in [-0.15, -0.1) is 11.3 Å². The summed E-state index contributed by atoms with van der Waals surface area (Å²) in [6.07, 6.45) is 4.28. The molecule has 43 heavy (non-hydrogen) atoms. The normalized spacial score (nSPS) is 16.7. The van der Waals surface area contributed by atoms with Crippen LogP contribution in [0.2, 0.25) is 5.02 Å². The van der Waals surface area contributed by atoms with Crippen LogP contribution in [0, 0.1) is 5.82 Å². The summed E-state index contributed by atoms with van der Waals surface area (Å²) in [6, 6.07) is 9.96. The van der Waals surface area contributed by atoms with Gasteiger partial charge in [-0.2, -0.15) is 0 Å². The fourth-order valence-corrected chi connectivity index (χ4v) is 6.84. The van der Waals surface area contributed by atoms with Crippen molar-refractivity contribution in [3.05, 3.63) is 80.6 Å². The molecule has 226 valence electrons. The highest BCUT2D eigenvalue weighted by Gasteiger charge is 2.49. The molecule has 0 saturated carbocycles. The molecule has 1 atom stereocenters. The summed E-state index contributed by atoms with van der Waals surface area (Å²) in [4.78, 5) is 44.7. The van der Waals surface area contributed by atoms with Gasteiger partial charge in [0.05, 0.1) is 35.2 Å². The number of thiazole rings is 1. The number of carbonyl (C=O) groups is 3. The number of hydrogen-bond donors (Lipinski definition) is 2. The summed E-state index contributed by atoms with van der Waals surface area (Å²) in [5.41, 5.74) is 0.364. The molecule has 3 heterocycles. The summed E-state index contributed by atoms with van der Waals surface area (Å²) in [5, 5.41) is 13.2. The van der Waals surface area contributed by atoms with E-state index in [1.807, 2.05) is 49.7 Å². The van der Waals surface area contributed by atoms with Crippen molar-refractivity contribution in [3.63, 3.8) is 0 Å². The molecule has 2 aromatic heterocycles. The minimum absolute atomic E-state index is 0.0270. The molecule has 4 aromatic rings. The minimum Gasteiger partial charge on any atom is -0.481 e. The molecule has 1 fully saturated rings. The summed E-state index contributed by atoms with van der Waals surface area (Å²) in [5.74, 6) is -2.37. The Hall–Kier alpha value is -3.80. The predicted octanol–water partition coefficient (Wildman–Crippen LogP) is 6.14. The molecular formula is C31H32ClFN4O5S. The molecule has 2 N–H and O–H groups in total. The maximum absolute atomic E-state index is 15.4. The highest BCUT2D eigenvalue weighted by atomic mass is 35.5. The number of anilines is 1. The molecule has 9 nitrogen and oxygen atoms in total. The average molecular weight is 627 g/mol. The first kappa shape index (κ1) is 30.7. The summed E-state index contributed by atoms with van der Waals surface area (Å²) >= 11 is 7.81. The lowest BCUT2D eigenvalue weighted by molar-refractivity contribution is -0.182. The average Bonchev–Trinajstić information content (AvgIpc) is 3.68. The third kappa shape index (κ3) is 6.29. The molecule has 0 unspecified atom stereocenters. The van der Waals surface area contributed by atoms with Gasteiger partial charge in [-0.05, 0) is 50.5 Å². The Labute approximate surface area is 257 Å². The second kappa shape index (κ2) is 12.4. The van der Waals surface area contributed by atoms with Crippen LogP contribution in [0.5, 0.6) is 0 Å². The van der Waals surface area contributed by atoms with E-state index in [1.54, 1.807) is 17.3 Å². The number of halogens is 2. The van der Waals surface area contributed by atoms with Crippen molar-refractivity contribution in [2.75, 3.05) is 11.9 Å². The zero-order valence-electron chi connectivity index (χ0n) is 24.0.